The second kappa shape index (κ2) is 6.55. The molecule has 6 atom stereocenters. The van der Waals surface area contributed by atoms with E-state index in [-0.39, 0.29) is 23.4 Å². The number of hydrogen-bond acceptors (Lipinski definition) is 8. The lowest BCUT2D eigenvalue weighted by atomic mass is 9.33. The van der Waals surface area contributed by atoms with Crippen molar-refractivity contribution in [1.82, 2.24) is 0 Å². The van der Waals surface area contributed by atoms with E-state index in [4.69, 9.17) is 9.47 Å². The van der Waals surface area contributed by atoms with Crippen LogP contribution in [-0.4, -0.2) is 47.6 Å². The Bertz CT molecular complexity index is 1170. The van der Waals surface area contributed by atoms with Crippen molar-refractivity contribution < 1.29 is 38.6 Å². The van der Waals surface area contributed by atoms with E-state index in [9.17, 15) is 29.1 Å². The van der Waals surface area contributed by atoms with Crippen LogP contribution in [0.2, 0.25) is 0 Å². The van der Waals surface area contributed by atoms with Gasteiger partial charge in [-0.3, -0.25) is 24.0 Å². The number of ketones is 3. The predicted octanol–water partition coefficient (Wildman–Crippen LogP) is 2.82. The quantitative estimate of drug-likeness (QED) is 0.352. The summed E-state index contributed by atoms with van der Waals surface area (Å²) in [4.78, 5) is 68.0. The molecule has 1 aliphatic heterocycles. The number of aliphatic hydroxyl groups excluding tert-OH is 1. The van der Waals surface area contributed by atoms with E-state index in [0.717, 1.165) is 7.11 Å². The summed E-state index contributed by atoms with van der Waals surface area (Å²) < 4.78 is 10.4. The Morgan fingerprint density at radius 3 is 2.29 bits per heavy atom. The molecule has 182 valence electrons. The van der Waals surface area contributed by atoms with Crippen LogP contribution in [0.1, 0.15) is 48.0 Å². The molecule has 4 aliphatic rings. The van der Waals surface area contributed by atoms with Gasteiger partial charge in [-0.25, -0.2) is 0 Å². The fourth-order valence-electron chi connectivity index (χ4n) is 7.49. The number of aliphatic hydroxyl groups is 1. The van der Waals surface area contributed by atoms with Gasteiger partial charge in [0.2, 0.25) is 5.78 Å². The van der Waals surface area contributed by atoms with E-state index >= 15 is 0 Å². The molecule has 0 spiro atoms. The molecule has 4 rings (SSSR count). The number of allylic oxidation sites excluding steroid dienone is 4. The van der Waals surface area contributed by atoms with Crippen LogP contribution in [-0.2, 0) is 33.4 Å². The summed E-state index contributed by atoms with van der Waals surface area (Å²) in [7, 11) is 1.09. The van der Waals surface area contributed by atoms with Gasteiger partial charge in [0, 0.05) is 5.41 Å². The molecule has 0 bridgehead atoms. The molecular weight excluding hydrogens is 440 g/mol. The maximum atomic E-state index is 14.2. The molecule has 8 heteroatoms. The van der Waals surface area contributed by atoms with Gasteiger partial charge in [-0.15, -0.1) is 0 Å². The van der Waals surface area contributed by atoms with Crippen molar-refractivity contribution >= 4 is 29.3 Å². The Labute approximate surface area is 198 Å². The molecule has 34 heavy (non-hydrogen) atoms. The van der Waals surface area contributed by atoms with Crippen molar-refractivity contribution in [3.63, 3.8) is 0 Å². The molecular formula is C26H30O8. The van der Waals surface area contributed by atoms with Gasteiger partial charge in [0.25, 0.3) is 0 Å². The number of carbonyl (C=O) groups is 5. The SMILES string of the molecule is C=C1C[C@H]2[C@@]3(C)C=CC(=O)C(C)(C)C3=C(O)C(=O)[C@@]2(C)[C@@]2(C(=O)OC)C(=O)[C@H](C)OC(=O)[C@@]12C. The number of carbonyl (C=O) groups excluding carboxylic acids is 5. The summed E-state index contributed by atoms with van der Waals surface area (Å²) in [6.45, 7) is 13.3. The third kappa shape index (κ3) is 2.14. The maximum Gasteiger partial charge on any atom is 0.322 e. The summed E-state index contributed by atoms with van der Waals surface area (Å²) in [5, 5.41) is 11.4. The van der Waals surface area contributed by atoms with Crippen LogP contribution >= 0.6 is 0 Å². The number of esters is 2. The van der Waals surface area contributed by atoms with Crippen molar-refractivity contribution in [2.45, 2.75) is 54.1 Å². The van der Waals surface area contributed by atoms with Crippen LogP contribution in [0.5, 0.6) is 0 Å². The van der Waals surface area contributed by atoms with E-state index in [2.05, 4.69) is 6.58 Å². The topological polar surface area (TPSA) is 124 Å². The third-order valence-corrected chi connectivity index (χ3v) is 9.31. The molecule has 1 N–H and O–H groups in total. The molecule has 0 aromatic heterocycles. The lowest BCUT2D eigenvalue weighted by Crippen LogP contribution is -2.77. The Morgan fingerprint density at radius 2 is 1.74 bits per heavy atom. The molecule has 0 radical (unpaired) electrons. The monoisotopic (exact) mass is 470 g/mol. The Balaban J connectivity index is 2.20. The van der Waals surface area contributed by atoms with E-state index in [0.29, 0.717) is 0 Å². The molecule has 0 aromatic carbocycles. The second-order valence-electron chi connectivity index (χ2n) is 11.0. The van der Waals surface area contributed by atoms with Crippen molar-refractivity contribution in [2.75, 3.05) is 7.11 Å². The number of hydrogen-bond donors (Lipinski definition) is 1. The van der Waals surface area contributed by atoms with E-state index in [1.54, 1.807) is 26.8 Å². The van der Waals surface area contributed by atoms with E-state index in [1.165, 1.54) is 26.8 Å². The standard InChI is InChI=1S/C26H30O8/c1-12-11-14-23(5)10-9-15(27)22(3,4)17(23)16(28)19(30)25(14,7)26(21(32)33-8)18(29)13(2)34-20(31)24(12,26)6/h9-10,13-14,28H,1,11H2,2-8H3/t13-,14-,23+,24+,25-,26+/m0/s1. The van der Waals surface area contributed by atoms with Crippen molar-refractivity contribution in [3.05, 3.63) is 35.6 Å². The molecule has 0 amide bonds. The molecule has 1 saturated carbocycles. The predicted molar refractivity (Wildman–Crippen MR) is 119 cm³/mol. The highest BCUT2D eigenvalue weighted by atomic mass is 16.6. The zero-order valence-electron chi connectivity index (χ0n) is 20.5. The average molecular weight is 471 g/mol. The number of ether oxygens (including phenoxy) is 2. The number of fused-ring (bicyclic) bond motifs is 5. The zero-order chi connectivity index (χ0) is 25.8. The molecule has 0 aromatic rings. The Hall–Kier alpha value is -3.03. The van der Waals surface area contributed by atoms with Gasteiger partial charge in [-0.1, -0.05) is 32.1 Å². The Morgan fingerprint density at radius 1 is 1.15 bits per heavy atom. The second-order valence-corrected chi connectivity index (χ2v) is 11.0. The highest BCUT2D eigenvalue weighted by molar-refractivity contribution is 6.20. The summed E-state index contributed by atoms with van der Waals surface area (Å²) >= 11 is 0. The number of rotatable bonds is 1. The molecule has 0 unspecified atom stereocenters. The lowest BCUT2D eigenvalue weighted by molar-refractivity contribution is -0.222. The van der Waals surface area contributed by atoms with Crippen LogP contribution in [0.25, 0.3) is 0 Å². The largest absolute Gasteiger partial charge is 0.504 e. The minimum atomic E-state index is -2.33. The van der Waals surface area contributed by atoms with Gasteiger partial charge in [-0.05, 0) is 51.7 Å². The lowest BCUT2D eigenvalue weighted by Gasteiger charge is -2.66. The van der Waals surface area contributed by atoms with Gasteiger partial charge < -0.3 is 14.6 Å². The first-order chi connectivity index (χ1) is 15.5. The summed E-state index contributed by atoms with van der Waals surface area (Å²) in [6.07, 6.45) is 1.79. The summed E-state index contributed by atoms with van der Waals surface area (Å²) in [6, 6.07) is 0. The number of methoxy groups -OCH3 is 1. The number of Topliss-reactive ketones (excluding diaryl/α,β-unsaturated/α-hetero) is 2. The van der Waals surface area contributed by atoms with E-state index < -0.39 is 68.4 Å². The van der Waals surface area contributed by atoms with Crippen LogP contribution in [0.3, 0.4) is 0 Å². The van der Waals surface area contributed by atoms with Gasteiger partial charge in [-0.2, -0.15) is 0 Å². The smallest absolute Gasteiger partial charge is 0.322 e. The molecule has 2 fully saturated rings. The minimum absolute atomic E-state index is 0.0795. The summed E-state index contributed by atoms with van der Waals surface area (Å²) in [5.41, 5.74) is -7.94. The van der Waals surface area contributed by atoms with Crippen LogP contribution in [0.15, 0.2) is 35.6 Å². The fourth-order valence-corrected chi connectivity index (χ4v) is 7.49. The Kier molecular flexibility index (Phi) is 4.64. The van der Waals surface area contributed by atoms with Gasteiger partial charge in [0.15, 0.2) is 28.8 Å². The number of cyclic esters (lactones) is 1. The molecule has 8 nitrogen and oxygen atoms in total. The van der Waals surface area contributed by atoms with Crippen LogP contribution in [0.4, 0.5) is 0 Å². The maximum absolute atomic E-state index is 14.2. The first-order valence-corrected chi connectivity index (χ1v) is 11.3. The van der Waals surface area contributed by atoms with Crippen molar-refractivity contribution in [3.8, 4) is 0 Å². The van der Waals surface area contributed by atoms with Gasteiger partial charge in [0.1, 0.15) is 5.41 Å². The molecule has 3 aliphatic carbocycles. The first-order valence-electron chi connectivity index (χ1n) is 11.3. The van der Waals surface area contributed by atoms with Crippen molar-refractivity contribution in [2.24, 2.45) is 33.0 Å². The zero-order valence-corrected chi connectivity index (χ0v) is 20.5. The van der Waals surface area contributed by atoms with Crippen molar-refractivity contribution in [1.29, 1.82) is 0 Å². The molecule has 1 heterocycles. The minimum Gasteiger partial charge on any atom is -0.504 e. The van der Waals surface area contributed by atoms with Gasteiger partial charge >= 0.3 is 11.9 Å². The van der Waals surface area contributed by atoms with Gasteiger partial charge in [0.05, 0.1) is 17.9 Å². The third-order valence-electron chi connectivity index (χ3n) is 9.31. The molecule has 1 saturated heterocycles. The highest BCUT2D eigenvalue weighted by Crippen LogP contribution is 2.74. The average Bonchev–Trinajstić information content (AvgIpc) is 2.76. The summed E-state index contributed by atoms with van der Waals surface area (Å²) in [5.74, 6) is -5.29. The highest BCUT2D eigenvalue weighted by Gasteiger charge is 2.84. The first kappa shape index (κ1) is 24.1. The van der Waals surface area contributed by atoms with E-state index in [1.807, 2.05) is 0 Å². The normalized spacial score (nSPS) is 43.1. The van der Waals surface area contributed by atoms with Crippen LogP contribution < -0.4 is 0 Å². The fraction of sp³-hybridized carbons (Fsp3) is 0.577. The van der Waals surface area contributed by atoms with Crippen LogP contribution in [0, 0.1) is 33.0 Å².